The van der Waals surface area contributed by atoms with Crippen LogP contribution in [0, 0.1) is 11.8 Å². The average Bonchev–Trinajstić information content (AvgIpc) is 2.71. The maximum atomic E-state index is 12.9. The summed E-state index contributed by atoms with van der Waals surface area (Å²) in [6, 6.07) is 3.51. The predicted molar refractivity (Wildman–Crippen MR) is 107 cm³/mol. The Morgan fingerprint density at radius 1 is 1.32 bits per heavy atom. The van der Waals surface area contributed by atoms with Crippen LogP contribution in [-0.4, -0.2) is 47.1 Å². The second-order valence-electron chi connectivity index (χ2n) is 7.88. The zero-order valence-corrected chi connectivity index (χ0v) is 16.6. The van der Waals surface area contributed by atoms with Gasteiger partial charge in [0.15, 0.2) is 0 Å². The molecule has 3 heterocycles. The van der Waals surface area contributed by atoms with Crippen LogP contribution in [0.3, 0.4) is 0 Å². The molecule has 4 rings (SSSR count). The van der Waals surface area contributed by atoms with Gasteiger partial charge in [0.1, 0.15) is 10.9 Å². The van der Waals surface area contributed by atoms with Crippen molar-refractivity contribution in [2.45, 2.75) is 50.7 Å². The van der Waals surface area contributed by atoms with Crippen LogP contribution in [0.25, 0.3) is 0 Å². The number of carbonyl (C=O) groups is 1. The molecule has 2 fully saturated rings. The van der Waals surface area contributed by atoms with Gasteiger partial charge in [-0.3, -0.25) is 9.79 Å². The molecule has 0 spiro atoms. The normalized spacial score (nSPS) is 30.1. The zero-order valence-electron chi connectivity index (χ0n) is 15.8. The molecule has 3 aliphatic rings. The van der Waals surface area contributed by atoms with E-state index < -0.39 is 6.10 Å². The molecule has 1 saturated heterocycles. The van der Waals surface area contributed by atoms with Crippen LogP contribution in [0.15, 0.2) is 35.1 Å². The van der Waals surface area contributed by atoms with Crippen molar-refractivity contribution in [2.75, 3.05) is 13.2 Å². The molecular formula is C21H26ClN3O3. The molecule has 6 nitrogen and oxygen atoms in total. The van der Waals surface area contributed by atoms with E-state index in [1.54, 1.807) is 6.07 Å². The van der Waals surface area contributed by atoms with Crippen LogP contribution in [0.4, 0.5) is 0 Å². The first-order valence-corrected chi connectivity index (χ1v) is 10.4. The van der Waals surface area contributed by atoms with Crippen LogP contribution in [0.1, 0.15) is 37.7 Å². The van der Waals surface area contributed by atoms with Crippen molar-refractivity contribution in [3.63, 3.8) is 0 Å². The van der Waals surface area contributed by atoms with E-state index in [4.69, 9.17) is 21.3 Å². The quantitative estimate of drug-likeness (QED) is 0.757. The summed E-state index contributed by atoms with van der Waals surface area (Å²) >= 11 is 5.91. The highest BCUT2D eigenvalue weighted by molar-refractivity contribution is 6.29. The van der Waals surface area contributed by atoms with Gasteiger partial charge >= 0.3 is 0 Å². The fraction of sp³-hybridized carbons (Fsp3) is 0.571. The zero-order chi connectivity index (χ0) is 19.5. The number of carbonyl (C=O) groups excluding carboxylic acids is 1. The van der Waals surface area contributed by atoms with Gasteiger partial charge in [0.2, 0.25) is 0 Å². The maximum absolute atomic E-state index is 12.9. The number of pyridine rings is 1. The monoisotopic (exact) mass is 403 g/mol. The summed E-state index contributed by atoms with van der Waals surface area (Å²) in [4.78, 5) is 21.8. The Labute approximate surface area is 170 Å². The van der Waals surface area contributed by atoms with Crippen molar-refractivity contribution < 1.29 is 14.6 Å². The number of halogens is 1. The number of ether oxygens (including phenoxy) is 1. The highest BCUT2D eigenvalue weighted by Crippen LogP contribution is 2.35. The van der Waals surface area contributed by atoms with E-state index in [-0.39, 0.29) is 24.5 Å². The summed E-state index contributed by atoms with van der Waals surface area (Å²) in [6.07, 6.45) is 8.94. The fourth-order valence-corrected chi connectivity index (χ4v) is 4.51. The van der Waals surface area contributed by atoms with E-state index in [0.29, 0.717) is 29.8 Å². The number of hydrogen-bond donors (Lipinski definition) is 2. The van der Waals surface area contributed by atoms with Crippen LogP contribution in [-0.2, 0) is 16.0 Å². The van der Waals surface area contributed by atoms with Gasteiger partial charge in [0.05, 0.1) is 18.8 Å². The molecule has 1 amide bonds. The van der Waals surface area contributed by atoms with Crippen molar-refractivity contribution in [1.82, 2.24) is 10.3 Å². The smallest absolute Gasteiger partial charge is 0.269 e. The molecule has 28 heavy (non-hydrogen) atoms. The predicted octanol–water partition coefficient (Wildman–Crippen LogP) is 2.69. The Balaban J connectivity index is 1.52. The number of fused-ring (bicyclic) bond motifs is 1. The third-order valence-corrected chi connectivity index (χ3v) is 6.14. The molecule has 1 aromatic heterocycles. The molecule has 2 N–H and O–H groups in total. The standard InChI is InChI=1S/C21H26ClN3O3/c22-20-6-5-13(11-23-20)9-14-10-18(24-16-4-2-1-3-15(14)16)21(27)25-17-7-8-28-12-19(17)26/h5-6,10-11,14-15,17,19,26H,1-4,7-9,12H2,(H,25,27). The Morgan fingerprint density at radius 2 is 2.21 bits per heavy atom. The minimum absolute atomic E-state index is 0.207. The molecule has 1 aromatic rings. The third-order valence-electron chi connectivity index (χ3n) is 5.91. The topological polar surface area (TPSA) is 83.8 Å². The van der Waals surface area contributed by atoms with Crippen molar-refractivity contribution in [2.24, 2.45) is 16.8 Å². The molecule has 0 bridgehead atoms. The third kappa shape index (κ3) is 4.45. The van der Waals surface area contributed by atoms with Gasteiger partial charge in [-0.05, 0) is 55.7 Å². The van der Waals surface area contributed by atoms with Gasteiger partial charge in [0.25, 0.3) is 5.91 Å². The van der Waals surface area contributed by atoms with Crippen molar-refractivity contribution in [3.8, 4) is 0 Å². The van der Waals surface area contributed by atoms with Crippen molar-refractivity contribution in [3.05, 3.63) is 40.8 Å². The van der Waals surface area contributed by atoms with E-state index in [1.165, 1.54) is 6.42 Å². The lowest BCUT2D eigenvalue weighted by Crippen LogP contribution is -2.49. The summed E-state index contributed by atoms with van der Waals surface area (Å²) in [5.74, 6) is 0.396. The number of amides is 1. The highest BCUT2D eigenvalue weighted by atomic mass is 35.5. The molecule has 2 aliphatic heterocycles. The molecule has 1 aliphatic carbocycles. The minimum Gasteiger partial charge on any atom is -0.389 e. The minimum atomic E-state index is -0.673. The Morgan fingerprint density at radius 3 is 3.00 bits per heavy atom. The highest BCUT2D eigenvalue weighted by Gasteiger charge is 2.33. The molecule has 4 atom stereocenters. The van der Waals surface area contributed by atoms with Crippen molar-refractivity contribution in [1.29, 1.82) is 0 Å². The first-order valence-electron chi connectivity index (χ1n) is 10.1. The van der Waals surface area contributed by atoms with E-state index in [1.807, 2.05) is 18.3 Å². The molecule has 1 saturated carbocycles. The number of aromatic nitrogens is 1. The second-order valence-corrected chi connectivity index (χ2v) is 8.26. The van der Waals surface area contributed by atoms with Crippen LogP contribution < -0.4 is 5.32 Å². The SMILES string of the molecule is O=C(NC1CCOCC1O)C1=CC(Cc2ccc(Cl)nc2)C2CCCCC2=N1. The van der Waals surface area contributed by atoms with Crippen LogP contribution >= 0.6 is 11.6 Å². The number of rotatable bonds is 4. The van der Waals surface area contributed by atoms with Gasteiger partial charge in [0, 0.05) is 24.4 Å². The summed E-state index contributed by atoms with van der Waals surface area (Å²) < 4.78 is 5.24. The number of aliphatic imine (C=N–C) groups is 1. The van der Waals surface area contributed by atoms with Gasteiger partial charge in [-0.15, -0.1) is 0 Å². The second kappa shape index (κ2) is 8.72. The summed E-state index contributed by atoms with van der Waals surface area (Å²) in [5.41, 5.74) is 2.72. The van der Waals surface area contributed by atoms with Crippen molar-refractivity contribution >= 4 is 23.2 Å². The summed E-state index contributed by atoms with van der Waals surface area (Å²) in [5, 5.41) is 13.5. The lowest BCUT2D eigenvalue weighted by Gasteiger charge is -2.34. The molecular weight excluding hydrogens is 378 g/mol. The Kier molecular flexibility index (Phi) is 6.09. The van der Waals surface area contributed by atoms with E-state index >= 15 is 0 Å². The molecule has 7 heteroatoms. The van der Waals surface area contributed by atoms with Crippen LogP contribution in [0.5, 0.6) is 0 Å². The molecule has 0 aromatic carbocycles. The first-order chi connectivity index (χ1) is 13.6. The lowest BCUT2D eigenvalue weighted by atomic mass is 9.74. The number of aliphatic hydroxyl groups excluding tert-OH is 1. The largest absolute Gasteiger partial charge is 0.389 e. The number of nitrogens with zero attached hydrogens (tertiary/aromatic N) is 2. The number of aliphatic hydroxyl groups is 1. The van der Waals surface area contributed by atoms with E-state index in [9.17, 15) is 9.90 Å². The number of allylic oxidation sites excluding steroid dienone is 1. The van der Waals surface area contributed by atoms with Crippen LogP contribution in [0.2, 0.25) is 5.15 Å². The first kappa shape index (κ1) is 19.6. The molecule has 4 unspecified atom stereocenters. The van der Waals surface area contributed by atoms with Gasteiger partial charge in [-0.25, -0.2) is 4.98 Å². The van der Waals surface area contributed by atoms with Gasteiger partial charge < -0.3 is 15.2 Å². The van der Waals surface area contributed by atoms with Gasteiger partial charge in [-0.1, -0.05) is 24.1 Å². The lowest BCUT2D eigenvalue weighted by molar-refractivity contribution is -0.120. The van der Waals surface area contributed by atoms with E-state index in [0.717, 1.165) is 37.0 Å². The maximum Gasteiger partial charge on any atom is 0.269 e. The van der Waals surface area contributed by atoms with E-state index in [2.05, 4.69) is 10.3 Å². The molecule has 0 radical (unpaired) electrons. The Hall–Kier alpha value is -1.76. The average molecular weight is 404 g/mol. The number of hydrogen-bond acceptors (Lipinski definition) is 5. The molecule has 150 valence electrons. The Bertz CT molecular complexity index is 778. The fourth-order valence-electron chi connectivity index (χ4n) is 4.39. The summed E-state index contributed by atoms with van der Waals surface area (Å²) in [6.45, 7) is 0.802. The van der Waals surface area contributed by atoms with Gasteiger partial charge in [-0.2, -0.15) is 0 Å². The number of nitrogens with one attached hydrogen (secondary N) is 1. The summed E-state index contributed by atoms with van der Waals surface area (Å²) in [7, 11) is 0.